The maximum absolute atomic E-state index is 5.74. The van der Waals surface area contributed by atoms with Crippen molar-refractivity contribution < 1.29 is 9.15 Å². The van der Waals surface area contributed by atoms with E-state index in [0.29, 0.717) is 0 Å². The Morgan fingerprint density at radius 3 is 2.31 bits per heavy atom. The molecule has 1 heterocycles. The molecule has 0 bridgehead atoms. The van der Waals surface area contributed by atoms with E-state index in [1.807, 2.05) is 43.3 Å². The molecule has 0 amide bonds. The molecule has 0 saturated heterocycles. The fraction of sp³-hybridized carbons (Fsp3) is 0.231. The summed E-state index contributed by atoms with van der Waals surface area (Å²) in [4.78, 5) is 0. The van der Waals surface area contributed by atoms with Crippen LogP contribution in [0.1, 0.15) is 18.7 Å². The monoisotopic (exact) mass is 217 g/mol. The minimum atomic E-state index is -0.0769. The van der Waals surface area contributed by atoms with Crippen LogP contribution >= 0.6 is 0 Å². The molecule has 1 aromatic carbocycles. The zero-order valence-electron chi connectivity index (χ0n) is 9.44. The van der Waals surface area contributed by atoms with Crippen molar-refractivity contribution in [3.63, 3.8) is 0 Å². The smallest absolute Gasteiger partial charge is 0.134 e. The average Bonchev–Trinajstić information content (AvgIpc) is 2.78. The summed E-state index contributed by atoms with van der Waals surface area (Å²) in [6.45, 7) is 1.90. The predicted octanol–water partition coefficient (Wildman–Crippen LogP) is 2.97. The molecule has 3 heteroatoms. The van der Waals surface area contributed by atoms with Crippen LogP contribution in [0.3, 0.4) is 0 Å². The summed E-state index contributed by atoms with van der Waals surface area (Å²) < 4.78 is 10.7. The molecule has 2 aromatic rings. The molecule has 0 aliphatic carbocycles. The van der Waals surface area contributed by atoms with Crippen LogP contribution in [-0.4, -0.2) is 7.11 Å². The molecule has 3 nitrogen and oxygen atoms in total. The zero-order chi connectivity index (χ0) is 11.5. The van der Waals surface area contributed by atoms with Crippen LogP contribution < -0.4 is 10.5 Å². The van der Waals surface area contributed by atoms with Crippen LogP contribution in [0, 0.1) is 0 Å². The molecule has 2 rings (SSSR count). The van der Waals surface area contributed by atoms with E-state index in [4.69, 9.17) is 14.9 Å². The Balaban J connectivity index is 2.28. The third-order valence-corrected chi connectivity index (χ3v) is 2.45. The van der Waals surface area contributed by atoms with Crippen molar-refractivity contribution in [2.45, 2.75) is 13.0 Å². The first-order valence-electron chi connectivity index (χ1n) is 5.20. The molecule has 0 saturated carbocycles. The molecule has 1 aromatic heterocycles. The highest BCUT2D eigenvalue weighted by Crippen LogP contribution is 2.26. The van der Waals surface area contributed by atoms with Crippen LogP contribution in [0.15, 0.2) is 40.8 Å². The van der Waals surface area contributed by atoms with E-state index in [-0.39, 0.29) is 6.04 Å². The van der Waals surface area contributed by atoms with E-state index in [1.165, 1.54) is 0 Å². The van der Waals surface area contributed by atoms with Gasteiger partial charge in [0.25, 0.3) is 0 Å². The molecule has 2 N–H and O–H groups in total. The van der Waals surface area contributed by atoms with Crippen molar-refractivity contribution in [2.24, 2.45) is 5.73 Å². The average molecular weight is 217 g/mol. The standard InChI is InChI=1S/C13H15NO2/c1-9(14)12-7-8-13(16-12)10-3-5-11(15-2)6-4-10/h3-9H,14H2,1-2H3. The number of benzene rings is 1. The first-order chi connectivity index (χ1) is 7.70. The van der Waals surface area contributed by atoms with Gasteiger partial charge in [-0.25, -0.2) is 0 Å². The van der Waals surface area contributed by atoms with Gasteiger partial charge in [-0.3, -0.25) is 0 Å². The fourth-order valence-corrected chi connectivity index (χ4v) is 1.51. The molecule has 0 aliphatic heterocycles. The van der Waals surface area contributed by atoms with E-state index in [9.17, 15) is 0 Å². The van der Waals surface area contributed by atoms with Crippen molar-refractivity contribution in [1.29, 1.82) is 0 Å². The van der Waals surface area contributed by atoms with E-state index in [0.717, 1.165) is 22.8 Å². The second kappa shape index (κ2) is 4.41. The normalized spacial score (nSPS) is 12.4. The summed E-state index contributed by atoms with van der Waals surface area (Å²) in [5.74, 6) is 2.46. The highest BCUT2D eigenvalue weighted by atomic mass is 16.5. The Hall–Kier alpha value is -1.74. The van der Waals surface area contributed by atoms with Crippen molar-refractivity contribution in [2.75, 3.05) is 7.11 Å². The maximum atomic E-state index is 5.74. The highest BCUT2D eigenvalue weighted by Gasteiger charge is 2.07. The van der Waals surface area contributed by atoms with Gasteiger partial charge >= 0.3 is 0 Å². The lowest BCUT2D eigenvalue weighted by molar-refractivity contribution is 0.415. The van der Waals surface area contributed by atoms with Crippen LogP contribution in [0.4, 0.5) is 0 Å². The topological polar surface area (TPSA) is 48.4 Å². The Bertz CT molecular complexity index is 457. The van der Waals surface area contributed by atoms with Gasteiger partial charge in [0.05, 0.1) is 13.2 Å². The van der Waals surface area contributed by atoms with Gasteiger partial charge in [0.15, 0.2) is 0 Å². The number of ether oxygens (including phenoxy) is 1. The lowest BCUT2D eigenvalue weighted by Gasteiger charge is -2.02. The SMILES string of the molecule is COc1ccc(-c2ccc(C(C)N)o2)cc1. The Morgan fingerprint density at radius 2 is 1.81 bits per heavy atom. The van der Waals surface area contributed by atoms with Crippen LogP contribution in [0.2, 0.25) is 0 Å². The van der Waals surface area contributed by atoms with Gasteiger partial charge in [0, 0.05) is 5.56 Å². The Kier molecular flexibility index (Phi) is 2.97. The minimum absolute atomic E-state index is 0.0769. The highest BCUT2D eigenvalue weighted by molar-refractivity contribution is 5.58. The number of hydrogen-bond donors (Lipinski definition) is 1. The van der Waals surface area contributed by atoms with Gasteiger partial charge in [0.1, 0.15) is 17.3 Å². The van der Waals surface area contributed by atoms with Gasteiger partial charge in [-0.15, -0.1) is 0 Å². The molecule has 0 aliphatic rings. The summed E-state index contributed by atoms with van der Waals surface area (Å²) in [6, 6.07) is 11.5. The van der Waals surface area contributed by atoms with Crippen LogP contribution in [0.25, 0.3) is 11.3 Å². The zero-order valence-corrected chi connectivity index (χ0v) is 9.44. The largest absolute Gasteiger partial charge is 0.497 e. The summed E-state index contributed by atoms with van der Waals surface area (Å²) >= 11 is 0. The third kappa shape index (κ3) is 2.09. The Morgan fingerprint density at radius 1 is 1.12 bits per heavy atom. The van der Waals surface area contributed by atoms with Crippen LogP contribution in [-0.2, 0) is 0 Å². The molecule has 84 valence electrons. The lowest BCUT2D eigenvalue weighted by Crippen LogP contribution is -2.02. The fourth-order valence-electron chi connectivity index (χ4n) is 1.51. The Labute approximate surface area is 94.8 Å². The van der Waals surface area contributed by atoms with Crippen molar-refractivity contribution in [3.8, 4) is 17.1 Å². The first-order valence-corrected chi connectivity index (χ1v) is 5.20. The summed E-state index contributed by atoms with van der Waals surface area (Å²) in [7, 11) is 1.65. The lowest BCUT2D eigenvalue weighted by atomic mass is 10.2. The quantitative estimate of drug-likeness (QED) is 0.859. The van der Waals surface area contributed by atoms with Gasteiger partial charge in [-0.1, -0.05) is 0 Å². The number of rotatable bonds is 3. The summed E-state index contributed by atoms with van der Waals surface area (Å²) in [5, 5.41) is 0. The molecule has 0 spiro atoms. The maximum Gasteiger partial charge on any atom is 0.134 e. The molecular formula is C13H15NO2. The van der Waals surface area contributed by atoms with Crippen molar-refractivity contribution >= 4 is 0 Å². The number of hydrogen-bond acceptors (Lipinski definition) is 3. The van der Waals surface area contributed by atoms with Gasteiger partial charge in [-0.05, 0) is 43.3 Å². The van der Waals surface area contributed by atoms with E-state index in [1.54, 1.807) is 7.11 Å². The molecule has 16 heavy (non-hydrogen) atoms. The second-order valence-corrected chi connectivity index (χ2v) is 3.72. The molecule has 0 fully saturated rings. The molecule has 1 atom stereocenters. The number of nitrogens with two attached hydrogens (primary N) is 1. The van der Waals surface area contributed by atoms with E-state index in [2.05, 4.69) is 0 Å². The number of furan rings is 1. The number of methoxy groups -OCH3 is 1. The van der Waals surface area contributed by atoms with Gasteiger partial charge in [-0.2, -0.15) is 0 Å². The van der Waals surface area contributed by atoms with Crippen LogP contribution in [0.5, 0.6) is 5.75 Å². The van der Waals surface area contributed by atoms with Crippen molar-refractivity contribution in [3.05, 3.63) is 42.2 Å². The summed E-state index contributed by atoms with van der Waals surface area (Å²) in [5.41, 5.74) is 6.76. The predicted molar refractivity (Wildman–Crippen MR) is 63.3 cm³/mol. The van der Waals surface area contributed by atoms with Crippen molar-refractivity contribution in [1.82, 2.24) is 0 Å². The van der Waals surface area contributed by atoms with Gasteiger partial charge < -0.3 is 14.9 Å². The minimum Gasteiger partial charge on any atom is -0.497 e. The van der Waals surface area contributed by atoms with E-state index < -0.39 is 0 Å². The molecule has 1 unspecified atom stereocenters. The summed E-state index contributed by atoms with van der Waals surface area (Å²) in [6.07, 6.45) is 0. The molecular weight excluding hydrogens is 202 g/mol. The van der Waals surface area contributed by atoms with E-state index >= 15 is 0 Å². The third-order valence-electron chi connectivity index (χ3n) is 2.45. The van der Waals surface area contributed by atoms with Gasteiger partial charge in [0.2, 0.25) is 0 Å². The second-order valence-electron chi connectivity index (χ2n) is 3.72. The first kappa shape index (κ1) is 10.8. The molecule has 0 radical (unpaired) electrons.